The smallest absolute Gasteiger partial charge is 0.306 e. The lowest BCUT2D eigenvalue weighted by atomic mass is 10.00. The Morgan fingerprint density at radius 1 is 0.523 bits per heavy atom. The van der Waals surface area contributed by atoms with Crippen LogP contribution >= 0.6 is 0 Å². The Labute approximate surface area is 396 Å². The fourth-order valence-electron chi connectivity index (χ4n) is 8.19. The highest BCUT2D eigenvalue weighted by Gasteiger charge is 2.46. The van der Waals surface area contributed by atoms with Crippen molar-refractivity contribution in [2.24, 2.45) is 0 Å². The van der Waals surface area contributed by atoms with Gasteiger partial charge in [0.25, 0.3) is 10.1 Å². The highest BCUT2D eigenvalue weighted by Crippen LogP contribution is 2.24. The summed E-state index contributed by atoms with van der Waals surface area (Å²) in [7, 11) is -4.61. The number of aliphatic hydroxyl groups is 3. The topological polar surface area (TPSA) is 186 Å². The van der Waals surface area contributed by atoms with Crippen molar-refractivity contribution in [1.29, 1.82) is 0 Å². The van der Waals surface area contributed by atoms with E-state index in [2.05, 4.69) is 32.1 Å². The SMILES string of the molecule is CCCCCCCCCCC/C=C/C/C=C/CCCC(=O)OC[C@H](CO[C@H]1O[C@H](CS(=O)(=O)O)[C@@H](O)C(O)C1O)OC(=O)CCCCCCCCCCCCCCCCCCCCCC. The molecule has 1 heterocycles. The minimum absolute atomic E-state index is 0.158. The summed E-state index contributed by atoms with van der Waals surface area (Å²) in [5, 5.41) is 31.0. The van der Waals surface area contributed by atoms with Gasteiger partial charge in [-0.3, -0.25) is 14.1 Å². The maximum absolute atomic E-state index is 12.9. The molecule has 1 rings (SSSR count). The summed E-state index contributed by atoms with van der Waals surface area (Å²) in [6, 6.07) is 0. The van der Waals surface area contributed by atoms with Crippen LogP contribution in [0.4, 0.5) is 0 Å². The van der Waals surface area contributed by atoms with Crippen LogP contribution in [0.2, 0.25) is 0 Å². The molecule has 382 valence electrons. The van der Waals surface area contributed by atoms with Crippen molar-refractivity contribution in [3.05, 3.63) is 24.3 Å². The van der Waals surface area contributed by atoms with Gasteiger partial charge in [0.2, 0.25) is 0 Å². The number of hydrogen-bond acceptors (Lipinski definition) is 11. The fraction of sp³-hybridized carbons (Fsp3) is 0.885. The number of aliphatic hydroxyl groups excluding tert-OH is 3. The van der Waals surface area contributed by atoms with Crippen LogP contribution < -0.4 is 0 Å². The van der Waals surface area contributed by atoms with Gasteiger partial charge in [-0.05, 0) is 38.5 Å². The van der Waals surface area contributed by atoms with Crippen LogP contribution in [0.15, 0.2) is 24.3 Å². The van der Waals surface area contributed by atoms with E-state index < -0.39 is 71.2 Å². The zero-order valence-corrected chi connectivity index (χ0v) is 41.9. The minimum atomic E-state index is -4.61. The molecule has 4 N–H and O–H groups in total. The molecule has 13 heteroatoms. The van der Waals surface area contributed by atoms with E-state index in [1.165, 1.54) is 161 Å². The summed E-state index contributed by atoms with van der Waals surface area (Å²) in [5.74, 6) is -2.03. The Morgan fingerprint density at radius 3 is 1.40 bits per heavy atom. The van der Waals surface area contributed by atoms with Gasteiger partial charge in [-0.2, -0.15) is 8.42 Å². The molecule has 65 heavy (non-hydrogen) atoms. The predicted octanol–water partition coefficient (Wildman–Crippen LogP) is 12.0. The number of ether oxygens (including phenoxy) is 4. The van der Waals surface area contributed by atoms with E-state index in [1.807, 2.05) is 6.08 Å². The van der Waals surface area contributed by atoms with Gasteiger partial charge < -0.3 is 34.3 Å². The molecule has 1 aliphatic rings. The zero-order chi connectivity index (χ0) is 47.6. The molecule has 0 spiro atoms. The Balaban J connectivity index is 2.38. The summed E-state index contributed by atoms with van der Waals surface area (Å²) in [6.07, 6.45) is 39.4. The molecule has 0 amide bonds. The van der Waals surface area contributed by atoms with E-state index in [1.54, 1.807) is 0 Å². The molecule has 6 atom stereocenters. The second-order valence-corrected chi connectivity index (χ2v) is 20.0. The summed E-state index contributed by atoms with van der Waals surface area (Å²) in [5.41, 5.74) is 0. The van der Waals surface area contributed by atoms with Crippen molar-refractivity contribution in [2.75, 3.05) is 19.0 Å². The van der Waals surface area contributed by atoms with Crippen molar-refractivity contribution >= 4 is 22.1 Å². The maximum Gasteiger partial charge on any atom is 0.306 e. The van der Waals surface area contributed by atoms with E-state index >= 15 is 0 Å². The van der Waals surface area contributed by atoms with Crippen molar-refractivity contribution in [3.63, 3.8) is 0 Å². The first-order valence-electron chi connectivity index (χ1n) is 26.4. The molecule has 0 aromatic heterocycles. The second kappa shape index (κ2) is 42.2. The Bertz CT molecular complexity index is 1290. The molecule has 2 unspecified atom stereocenters. The third-order valence-electron chi connectivity index (χ3n) is 12.3. The van der Waals surface area contributed by atoms with Gasteiger partial charge >= 0.3 is 11.9 Å². The summed E-state index contributed by atoms with van der Waals surface area (Å²) >= 11 is 0. The second-order valence-electron chi connectivity index (χ2n) is 18.5. The molecule has 12 nitrogen and oxygen atoms in total. The van der Waals surface area contributed by atoms with Crippen LogP contribution in [-0.4, -0.2) is 96.0 Å². The lowest BCUT2D eigenvalue weighted by Gasteiger charge is -2.40. The molecule has 1 saturated heterocycles. The summed E-state index contributed by atoms with van der Waals surface area (Å²) in [6.45, 7) is 3.77. The van der Waals surface area contributed by atoms with Crippen LogP contribution in [-0.2, 0) is 38.7 Å². The third kappa shape index (κ3) is 36.8. The van der Waals surface area contributed by atoms with E-state index in [9.17, 15) is 37.9 Å². The Hall–Kier alpha value is -1.87. The Morgan fingerprint density at radius 2 is 0.938 bits per heavy atom. The third-order valence-corrected chi connectivity index (χ3v) is 13.0. The van der Waals surface area contributed by atoms with Crippen LogP contribution in [0.1, 0.15) is 239 Å². The normalized spacial score (nSPS) is 19.6. The first kappa shape index (κ1) is 61.1. The van der Waals surface area contributed by atoms with Crippen LogP contribution in [0.25, 0.3) is 0 Å². The van der Waals surface area contributed by atoms with E-state index in [-0.39, 0.29) is 19.4 Å². The average Bonchev–Trinajstić information content (AvgIpc) is 3.27. The largest absolute Gasteiger partial charge is 0.462 e. The summed E-state index contributed by atoms with van der Waals surface area (Å²) < 4.78 is 54.2. The van der Waals surface area contributed by atoms with Crippen LogP contribution in [0, 0.1) is 0 Å². The first-order valence-corrected chi connectivity index (χ1v) is 28.0. The highest BCUT2D eigenvalue weighted by molar-refractivity contribution is 7.85. The quantitative estimate of drug-likeness (QED) is 0.0196. The lowest BCUT2D eigenvalue weighted by molar-refractivity contribution is -0.297. The fourth-order valence-corrected chi connectivity index (χ4v) is 8.88. The molecular weight excluding hydrogens is 849 g/mol. The minimum Gasteiger partial charge on any atom is -0.462 e. The first-order chi connectivity index (χ1) is 31.5. The van der Waals surface area contributed by atoms with Crippen molar-refractivity contribution in [1.82, 2.24) is 0 Å². The van der Waals surface area contributed by atoms with Gasteiger partial charge in [-0.25, -0.2) is 0 Å². The molecule has 0 aromatic carbocycles. The van der Waals surface area contributed by atoms with Gasteiger partial charge in [-0.1, -0.05) is 212 Å². The monoisotopic (exact) mass is 945 g/mol. The molecular formula is C52H96O12S. The maximum atomic E-state index is 12.9. The molecule has 0 bridgehead atoms. The number of esters is 2. The molecule has 0 aromatic rings. The van der Waals surface area contributed by atoms with E-state index in [0.29, 0.717) is 19.3 Å². The molecule has 1 aliphatic heterocycles. The molecule has 0 radical (unpaired) electrons. The van der Waals surface area contributed by atoms with Crippen LogP contribution in [0.5, 0.6) is 0 Å². The lowest BCUT2D eigenvalue weighted by Crippen LogP contribution is -2.60. The van der Waals surface area contributed by atoms with Crippen LogP contribution in [0.3, 0.4) is 0 Å². The number of hydrogen-bond donors (Lipinski definition) is 4. The van der Waals surface area contributed by atoms with E-state index in [4.69, 9.17) is 18.9 Å². The molecule has 0 aliphatic carbocycles. The number of carbonyl (C=O) groups is 2. The van der Waals surface area contributed by atoms with Gasteiger partial charge in [0.15, 0.2) is 12.4 Å². The van der Waals surface area contributed by atoms with Gasteiger partial charge in [0, 0.05) is 12.8 Å². The number of carbonyl (C=O) groups excluding carboxylic acids is 2. The predicted molar refractivity (Wildman–Crippen MR) is 261 cm³/mol. The van der Waals surface area contributed by atoms with Gasteiger partial charge in [0.05, 0.1) is 6.61 Å². The average molecular weight is 945 g/mol. The van der Waals surface area contributed by atoms with Gasteiger partial charge in [0.1, 0.15) is 36.8 Å². The molecule has 1 fully saturated rings. The zero-order valence-electron chi connectivity index (χ0n) is 41.1. The van der Waals surface area contributed by atoms with Gasteiger partial charge in [-0.15, -0.1) is 0 Å². The van der Waals surface area contributed by atoms with Crippen molar-refractivity contribution in [2.45, 2.75) is 275 Å². The number of allylic oxidation sites excluding steroid dienone is 4. The van der Waals surface area contributed by atoms with Crippen molar-refractivity contribution in [3.8, 4) is 0 Å². The molecule has 0 saturated carbocycles. The van der Waals surface area contributed by atoms with Crippen molar-refractivity contribution < 1.29 is 56.8 Å². The summed E-state index contributed by atoms with van der Waals surface area (Å²) in [4.78, 5) is 25.5. The standard InChI is InChI=1S/C52H96O12S/c1-3-5-7-9-11-13-15-17-19-21-22-23-25-27-29-31-33-35-37-39-41-48(54)63-45(43-62-52-51(57)50(56)49(55)46(64-52)44-65(58,59)60)42-61-47(53)40-38-36-34-32-30-28-26-24-20-18-16-14-12-10-8-6-4-2/h26,28,32,34,45-46,49-52,55-57H,3-25,27,29-31,33,35-44H2,1-2H3,(H,58,59,60)/b28-26+,34-32+/t45-,46-,49-,50?,51?,52+/m1/s1. The Kier molecular flexibility index (Phi) is 39.7. The number of rotatable bonds is 45. The van der Waals surface area contributed by atoms with E-state index in [0.717, 1.165) is 32.1 Å². The highest BCUT2D eigenvalue weighted by atomic mass is 32.2. The number of unbranched alkanes of at least 4 members (excludes halogenated alkanes) is 29.